The predicted octanol–water partition coefficient (Wildman–Crippen LogP) is 2.71. The summed E-state index contributed by atoms with van der Waals surface area (Å²) in [6.45, 7) is 7.81. The van der Waals surface area contributed by atoms with E-state index in [1.807, 2.05) is 32.0 Å². The molecule has 1 aromatic carbocycles. The number of carbonyl (C=O) groups is 1. The molecular weight excluding hydrogens is 286 g/mol. The molecule has 1 heterocycles. The largest absolute Gasteiger partial charge is 0.324 e. The average Bonchev–Trinajstić information content (AvgIpc) is 3.35. The monoisotopic (exact) mass is 315 g/mol. The van der Waals surface area contributed by atoms with Crippen LogP contribution in [0.2, 0.25) is 0 Å². The van der Waals surface area contributed by atoms with Crippen LogP contribution in [0.1, 0.15) is 36.8 Å². The van der Waals surface area contributed by atoms with Gasteiger partial charge in [0.05, 0.1) is 6.54 Å². The van der Waals surface area contributed by atoms with Crippen molar-refractivity contribution in [3.05, 3.63) is 29.3 Å². The molecule has 0 aromatic heterocycles. The van der Waals surface area contributed by atoms with Crippen LogP contribution in [0.5, 0.6) is 0 Å². The Balaban J connectivity index is 1.42. The summed E-state index contributed by atoms with van der Waals surface area (Å²) in [5, 5.41) is 6.77. The van der Waals surface area contributed by atoms with E-state index < -0.39 is 0 Å². The molecule has 1 aliphatic carbocycles. The first-order chi connectivity index (χ1) is 11.1. The number of piperidine rings is 1. The van der Waals surface area contributed by atoms with Gasteiger partial charge in [-0.2, -0.15) is 0 Å². The Morgan fingerprint density at radius 2 is 1.78 bits per heavy atom. The van der Waals surface area contributed by atoms with Crippen molar-refractivity contribution >= 4 is 11.6 Å². The third-order valence-corrected chi connectivity index (χ3v) is 5.09. The number of para-hydroxylation sites is 1. The van der Waals surface area contributed by atoms with Gasteiger partial charge in [0.1, 0.15) is 0 Å². The number of carbonyl (C=O) groups excluding carboxylic acids is 1. The van der Waals surface area contributed by atoms with Crippen molar-refractivity contribution in [1.29, 1.82) is 0 Å². The molecule has 0 bridgehead atoms. The van der Waals surface area contributed by atoms with Crippen LogP contribution in [-0.2, 0) is 4.79 Å². The molecule has 1 saturated heterocycles. The average molecular weight is 315 g/mol. The lowest BCUT2D eigenvalue weighted by molar-refractivity contribution is -0.117. The predicted molar refractivity (Wildman–Crippen MR) is 94.7 cm³/mol. The minimum atomic E-state index is 0.104. The molecule has 2 N–H and O–H groups in total. The first-order valence-electron chi connectivity index (χ1n) is 8.93. The first-order valence-corrected chi connectivity index (χ1v) is 8.93. The smallest absolute Gasteiger partial charge is 0.238 e. The number of rotatable bonds is 6. The fourth-order valence-corrected chi connectivity index (χ4v) is 3.34. The number of aryl methyl sites for hydroxylation is 2. The normalized spacial score (nSPS) is 19.7. The zero-order chi connectivity index (χ0) is 16.2. The maximum Gasteiger partial charge on any atom is 0.238 e. The summed E-state index contributed by atoms with van der Waals surface area (Å²) in [5.74, 6) is 1.04. The molecule has 2 aliphatic rings. The van der Waals surface area contributed by atoms with Crippen LogP contribution in [-0.4, -0.2) is 43.0 Å². The summed E-state index contributed by atoms with van der Waals surface area (Å²) in [7, 11) is 0. The van der Waals surface area contributed by atoms with Crippen molar-refractivity contribution in [2.75, 3.05) is 31.5 Å². The minimum Gasteiger partial charge on any atom is -0.324 e. The maximum absolute atomic E-state index is 12.3. The molecular formula is C19H29N3O. The SMILES string of the molecule is Cc1cccc(C)c1NC(=O)CN1CCC(NCC2CC2)CC1. The van der Waals surface area contributed by atoms with Gasteiger partial charge >= 0.3 is 0 Å². The number of nitrogens with one attached hydrogen (secondary N) is 2. The fraction of sp³-hybridized carbons (Fsp3) is 0.632. The van der Waals surface area contributed by atoms with Crippen LogP contribution in [0.3, 0.4) is 0 Å². The lowest BCUT2D eigenvalue weighted by atomic mass is 10.0. The van der Waals surface area contributed by atoms with Crippen LogP contribution in [0.15, 0.2) is 18.2 Å². The second-order valence-electron chi connectivity index (χ2n) is 7.22. The van der Waals surface area contributed by atoms with E-state index in [9.17, 15) is 4.79 Å². The van der Waals surface area contributed by atoms with Crippen molar-refractivity contribution in [2.24, 2.45) is 5.92 Å². The third-order valence-electron chi connectivity index (χ3n) is 5.09. The first kappa shape index (κ1) is 16.5. The van der Waals surface area contributed by atoms with Gasteiger partial charge in [-0.25, -0.2) is 0 Å². The van der Waals surface area contributed by atoms with E-state index in [0.717, 1.165) is 48.7 Å². The van der Waals surface area contributed by atoms with E-state index in [4.69, 9.17) is 0 Å². The Morgan fingerprint density at radius 1 is 1.13 bits per heavy atom. The molecule has 1 saturated carbocycles. The van der Waals surface area contributed by atoms with Crippen molar-refractivity contribution in [3.63, 3.8) is 0 Å². The molecule has 4 heteroatoms. The lowest BCUT2D eigenvalue weighted by Crippen LogP contribution is -2.45. The molecule has 3 rings (SSSR count). The van der Waals surface area contributed by atoms with E-state index in [1.165, 1.54) is 19.4 Å². The Morgan fingerprint density at radius 3 is 2.39 bits per heavy atom. The molecule has 1 aliphatic heterocycles. The van der Waals surface area contributed by atoms with Gasteiger partial charge in [-0.15, -0.1) is 0 Å². The second kappa shape index (κ2) is 7.45. The number of hydrogen-bond donors (Lipinski definition) is 2. The van der Waals surface area contributed by atoms with E-state index in [0.29, 0.717) is 12.6 Å². The quantitative estimate of drug-likeness (QED) is 0.848. The standard InChI is InChI=1S/C19H29N3O/c1-14-4-3-5-15(2)19(14)21-18(23)13-22-10-8-17(9-11-22)20-12-16-6-7-16/h3-5,16-17,20H,6-13H2,1-2H3,(H,21,23). The Kier molecular flexibility index (Phi) is 5.34. The molecule has 1 amide bonds. The van der Waals surface area contributed by atoms with Crippen molar-refractivity contribution in [2.45, 2.75) is 45.6 Å². The van der Waals surface area contributed by atoms with Crippen LogP contribution in [0, 0.1) is 19.8 Å². The Hall–Kier alpha value is -1.39. The number of nitrogens with zero attached hydrogens (tertiary/aromatic N) is 1. The van der Waals surface area contributed by atoms with Gasteiger partial charge in [-0.1, -0.05) is 18.2 Å². The highest BCUT2D eigenvalue weighted by atomic mass is 16.2. The number of likely N-dealkylation sites (tertiary alicyclic amines) is 1. The molecule has 126 valence electrons. The van der Waals surface area contributed by atoms with Gasteiger partial charge in [0.25, 0.3) is 0 Å². The van der Waals surface area contributed by atoms with Gasteiger partial charge in [-0.3, -0.25) is 9.69 Å². The summed E-state index contributed by atoms with van der Waals surface area (Å²) < 4.78 is 0. The second-order valence-corrected chi connectivity index (χ2v) is 7.22. The molecule has 0 unspecified atom stereocenters. The molecule has 4 nitrogen and oxygen atoms in total. The molecule has 0 atom stereocenters. The van der Waals surface area contributed by atoms with Crippen LogP contribution in [0.25, 0.3) is 0 Å². The number of benzene rings is 1. The highest BCUT2D eigenvalue weighted by molar-refractivity contribution is 5.93. The number of hydrogen-bond acceptors (Lipinski definition) is 3. The van der Waals surface area contributed by atoms with Gasteiger partial charge in [0.15, 0.2) is 0 Å². The summed E-state index contributed by atoms with van der Waals surface area (Å²) in [6.07, 6.45) is 5.13. The highest BCUT2D eigenvalue weighted by Gasteiger charge is 2.25. The van der Waals surface area contributed by atoms with E-state index in [1.54, 1.807) is 0 Å². The lowest BCUT2D eigenvalue weighted by Gasteiger charge is -2.32. The summed E-state index contributed by atoms with van der Waals surface area (Å²) in [5.41, 5.74) is 3.22. The molecule has 2 fully saturated rings. The van der Waals surface area contributed by atoms with Gasteiger partial charge in [0, 0.05) is 24.8 Å². The molecule has 1 aromatic rings. The highest BCUT2D eigenvalue weighted by Crippen LogP contribution is 2.28. The van der Waals surface area contributed by atoms with Crippen LogP contribution < -0.4 is 10.6 Å². The fourth-order valence-electron chi connectivity index (χ4n) is 3.34. The number of amides is 1. The zero-order valence-corrected chi connectivity index (χ0v) is 14.4. The van der Waals surface area contributed by atoms with E-state index in [-0.39, 0.29) is 5.91 Å². The third kappa shape index (κ3) is 4.79. The van der Waals surface area contributed by atoms with Crippen LogP contribution >= 0.6 is 0 Å². The van der Waals surface area contributed by atoms with E-state index >= 15 is 0 Å². The maximum atomic E-state index is 12.3. The van der Waals surface area contributed by atoms with Crippen molar-refractivity contribution in [3.8, 4) is 0 Å². The Bertz CT molecular complexity index is 525. The van der Waals surface area contributed by atoms with E-state index in [2.05, 4.69) is 15.5 Å². The van der Waals surface area contributed by atoms with Gasteiger partial charge in [-0.05, 0) is 63.1 Å². The summed E-state index contributed by atoms with van der Waals surface area (Å²) in [6, 6.07) is 6.76. The van der Waals surface area contributed by atoms with Gasteiger partial charge < -0.3 is 10.6 Å². The topological polar surface area (TPSA) is 44.4 Å². The zero-order valence-electron chi connectivity index (χ0n) is 14.4. The summed E-state index contributed by atoms with van der Waals surface area (Å²) >= 11 is 0. The molecule has 0 radical (unpaired) electrons. The summed E-state index contributed by atoms with van der Waals surface area (Å²) in [4.78, 5) is 14.6. The molecule has 23 heavy (non-hydrogen) atoms. The number of anilines is 1. The molecule has 0 spiro atoms. The van der Waals surface area contributed by atoms with Crippen molar-refractivity contribution in [1.82, 2.24) is 10.2 Å². The van der Waals surface area contributed by atoms with Crippen molar-refractivity contribution < 1.29 is 4.79 Å². The van der Waals surface area contributed by atoms with Gasteiger partial charge in [0.2, 0.25) is 5.91 Å². The Labute approximate surface area is 139 Å². The minimum absolute atomic E-state index is 0.104. The van der Waals surface area contributed by atoms with Crippen LogP contribution in [0.4, 0.5) is 5.69 Å².